The first kappa shape index (κ1) is 25.9. The van der Waals surface area contributed by atoms with Crippen LogP contribution in [0.1, 0.15) is 24.0 Å². The van der Waals surface area contributed by atoms with Crippen molar-refractivity contribution in [3.8, 4) is 0 Å². The number of H-pyrrole nitrogens is 1. The van der Waals surface area contributed by atoms with Crippen molar-refractivity contribution < 1.29 is 35.9 Å². The molecule has 2 fully saturated rings. The Labute approximate surface area is 210 Å². The molecule has 0 saturated carbocycles. The van der Waals surface area contributed by atoms with E-state index in [1.807, 2.05) is 5.10 Å². The Morgan fingerprint density at radius 1 is 1.05 bits per heavy atom. The van der Waals surface area contributed by atoms with Crippen molar-refractivity contribution in [3.05, 3.63) is 46.3 Å². The molecule has 0 aliphatic carbocycles. The summed E-state index contributed by atoms with van der Waals surface area (Å²) in [5.41, 5.74) is -2.91. The van der Waals surface area contributed by atoms with Gasteiger partial charge < -0.3 is 19.1 Å². The van der Waals surface area contributed by atoms with Gasteiger partial charge >= 0.3 is 12.4 Å². The molecule has 3 aromatic rings. The Morgan fingerprint density at radius 2 is 1.79 bits per heavy atom. The van der Waals surface area contributed by atoms with E-state index >= 15 is 0 Å². The molecule has 5 heterocycles. The first-order valence-corrected chi connectivity index (χ1v) is 11.6. The highest BCUT2D eigenvalue weighted by Gasteiger charge is 2.49. The number of fused-ring (bicyclic) bond motifs is 2. The fourth-order valence-electron chi connectivity index (χ4n) is 4.90. The Balaban J connectivity index is 1.10. The topological polar surface area (TPSA) is 109 Å². The van der Waals surface area contributed by atoms with E-state index in [1.54, 1.807) is 9.80 Å². The van der Waals surface area contributed by atoms with E-state index in [0.29, 0.717) is 19.5 Å². The number of aromatic amines is 1. The average Bonchev–Trinajstić information content (AvgIpc) is 3.37. The van der Waals surface area contributed by atoms with E-state index < -0.39 is 34.4 Å². The van der Waals surface area contributed by atoms with Gasteiger partial charge in [0.15, 0.2) is 0 Å². The normalized spacial score (nSPS) is 19.6. The fraction of sp³-hybridized carbons (Fsp3) is 0.500. The average molecular weight is 545 g/mol. The summed E-state index contributed by atoms with van der Waals surface area (Å²) in [4.78, 5) is 35.6. The van der Waals surface area contributed by atoms with Gasteiger partial charge in [0, 0.05) is 38.2 Å². The molecule has 38 heavy (non-hydrogen) atoms. The number of nitrogens with zero attached hydrogens (tertiary/aromatic N) is 6. The molecule has 204 valence electrons. The third-order valence-electron chi connectivity index (χ3n) is 6.78. The Hall–Kier alpha value is -3.69. The number of amides is 1. The van der Waals surface area contributed by atoms with Gasteiger partial charge in [-0.25, -0.2) is 15.1 Å². The highest BCUT2D eigenvalue weighted by Crippen LogP contribution is 2.36. The fourth-order valence-corrected chi connectivity index (χ4v) is 4.90. The first-order chi connectivity index (χ1) is 17.9. The van der Waals surface area contributed by atoms with E-state index in [4.69, 9.17) is 4.74 Å². The van der Waals surface area contributed by atoms with Crippen LogP contribution in [0.5, 0.6) is 0 Å². The van der Waals surface area contributed by atoms with Gasteiger partial charge in [-0.3, -0.25) is 9.59 Å². The van der Waals surface area contributed by atoms with Crippen LogP contribution in [-0.2, 0) is 28.4 Å². The van der Waals surface area contributed by atoms with Crippen LogP contribution in [0.25, 0.3) is 10.9 Å². The molecule has 0 radical (unpaired) electrons. The van der Waals surface area contributed by atoms with Crippen LogP contribution in [-0.4, -0.2) is 73.9 Å². The Bertz CT molecular complexity index is 1390. The number of alkyl halides is 6. The number of halogens is 6. The van der Waals surface area contributed by atoms with Gasteiger partial charge in [0.25, 0.3) is 5.56 Å². The SMILES string of the molecule is O=C(CCOCCn1cc(C(F)(F)F)c2c(=O)[nH]ncc21)N1CC2C1CCN2c1ncc(C(F)(F)F)cn1. The quantitative estimate of drug-likeness (QED) is 0.359. The van der Waals surface area contributed by atoms with E-state index in [9.17, 15) is 35.9 Å². The molecular weight excluding hydrogens is 524 g/mol. The van der Waals surface area contributed by atoms with Gasteiger partial charge in [-0.1, -0.05) is 0 Å². The van der Waals surface area contributed by atoms with Gasteiger partial charge in [-0.15, -0.1) is 0 Å². The number of nitrogens with one attached hydrogen (secondary N) is 1. The molecule has 10 nitrogen and oxygen atoms in total. The van der Waals surface area contributed by atoms with Crippen molar-refractivity contribution >= 4 is 22.8 Å². The van der Waals surface area contributed by atoms with Crippen LogP contribution >= 0.6 is 0 Å². The maximum atomic E-state index is 13.3. The van der Waals surface area contributed by atoms with Crippen molar-refractivity contribution in [2.24, 2.45) is 0 Å². The third-order valence-corrected chi connectivity index (χ3v) is 6.78. The number of likely N-dealkylation sites (tertiary alicyclic amines) is 1. The summed E-state index contributed by atoms with van der Waals surface area (Å²) < 4.78 is 84.9. The van der Waals surface area contributed by atoms with Crippen molar-refractivity contribution in [2.45, 2.75) is 43.8 Å². The van der Waals surface area contributed by atoms with Crippen molar-refractivity contribution in [1.29, 1.82) is 0 Å². The molecule has 0 spiro atoms. The van der Waals surface area contributed by atoms with E-state index in [1.165, 1.54) is 4.57 Å². The van der Waals surface area contributed by atoms with Crippen molar-refractivity contribution in [2.75, 3.05) is 31.2 Å². The van der Waals surface area contributed by atoms with Crippen molar-refractivity contribution in [3.63, 3.8) is 0 Å². The lowest BCUT2D eigenvalue weighted by atomic mass is 9.96. The number of carbonyl (C=O) groups is 1. The predicted molar refractivity (Wildman–Crippen MR) is 119 cm³/mol. The second kappa shape index (κ2) is 9.56. The number of carbonyl (C=O) groups excluding carboxylic acids is 1. The van der Waals surface area contributed by atoms with Crippen LogP contribution in [0.4, 0.5) is 32.3 Å². The minimum atomic E-state index is -4.71. The smallest absolute Gasteiger partial charge is 0.379 e. The standard InChI is InChI=1S/C22H21F6N7O3/c23-21(24,25)12-7-29-20(30-8-12)34-3-1-14-16(34)11-35(14)17(36)2-5-38-6-4-33-10-13(22(26,27)28)18-15(33)9-31-32-19(18)37/h7-10,14,16H,1-6,11H2,(H,32,37). The second-order valence-corrected chi connectivity index (χ2v) is 8.99. The maximum Gasteiger partial charge on any atom is 0.419 e. The zero-order chi connectivity index (χ0) is 27.2. The molecule has 16 heteroatoms. The van der Waals surface area contributed by atoms with E-state index in [-0.39, 0.29) is 55.6 Å². The molecular formula is C22H21F6N7O3. The number of rotatable bonds is 7. The van der Waals surface area contributed by atoms with Crippen molar-refractivity contribution in [1.82, 2.24) is 29.6 Å². The molecule has 1 amide bonds. The zero-order valence-electron chi connectivity index (χ0n) is 19.6. The lowest BCUT2D eigenvalue weighted by molar-refractivity contribution is -0.140. The summed E-state index contributed by atoms with van der Waals surface area (Å²) in [6.07, 6.45) is -5.11. The third kappa shape index (κ3) is 4.79. The minimum Gasteiger partial charge on any atom is -0.379 e. The van der Waals surface area contributed by atoms with Gasteiger partial charge in [-0.05, 0) is 6.42 Å². The molecule has 2 saturated heterocycles. The number of aromatic nitrogens is 5. The predicted octanol–water partition coefficient (Wildman–Crippen LogP) is 2.45. The van der Waals surface area contributed by atoms with Crippen LogP contribution in [0.2, 0.25) is 0 Å². The largest absolute Gasteiger partial charge is 0.419 e. The van der Waals surface area contributed by atoms with Crippen LogP contribution < -0.4 is 10.5 Å². The number of hydrogen-bond acceptors (Lipinski definition) is 7. The van der Waals surface area contributed by atoms with Gasteiger partial charge in [0.05, 0.1) is 59.9 Å². The Kier molecular flexibility index (Phi) is 6.53. The highest BCUT2D eigenvalue weighted by molar-refractivity contribution is 5.82. The molecule has 3 aromatic heterocycles. The lowest BCUT2D eigenvalue weighted by Crippen LogP contribution is -2.64. The lowest BCUT2D eigenvalue weighted by Gasteiger charge is -2.46. The molecule has 5 rings (SSSR count). The maximum absolute atomic E-state index is 13.3. The molecule has 0 aromatic carbocycles. The van der Waals surface area contributed by atoms with Gasteiger partial charge in [-0.2, -0.15) is 31.4 Å². The molecule has 2 aliphatic heterocycles. The Morgan fingerprint density at radius 3 is 2.47 bits per heavy atom. The molecule has 0 bridgehead atoms. The van der Waals surface area contributed by atoms with Gasteiger partial charge in [0.1, 0.15) is 0 Å². The molecule has 2 unspecified atom stereocenters. The number of hydrogen-bond donors (Lipinski definition) is 1. The minimum absolute atomic E-state index is 0.00620. The first-order valence-electron chi connectivity index (χ1n) is 11.6. The monoisotopic (exact) mass is 545 g/mol. The molecule has 1 N–H and O–H groups in total. The summed E-state index contributed by atoms with van der Waals surface area (Å²) in [6, 6.07) is -0.191. The van der Waals surface area contributed by atoms with Crippen LogP contribution in [0, 0.1) is 0 Å². The number of ether oxygens (including phenoxy) is 1. The van der Waals surface area contributed by atoms with E-state index in [0.717, 1.165) is 24.8 Å². The summed E-state index contributed by atoms with van der Waals surface area (Å²) >= 11 is 0. The molecule has 2 aliphatic rings. The second-order valence-electron chi connectivity index (χ2n) is 8.99. The summed E-state index contributed by atoms with van der Waals surface area (Å²) in [7, 11) is 0. The van der Waals surface area contributed by atoms with E-state index in [2.05, 4.69) is 15.1 Å². The summed E-state index contributed by atoms with van der Waals surface area (Å²) in [5.74, 6) is 0.0206. The highest BCUT2D eigenvalue weighted by atomic mass is 19.4. The summed E-state index contributed by atoms with van der Waals surface area (Å²) in [5, 5.41) is 5.07. The summed E-state index contributed by atoms with van der Waals surface area (Å²) in [6.45, 7) is 0.950. The number of anilines is 1. The zero-order valence-corrected chi connectivity index (χ0v) is 19.6. The van der Waals surface area contributed by atoms with Crippen LogP contribution in [0.3, 0.4) is 0 Å². The van der Waals surface area contributed by atoms with Gasteiger partial charge in [0.2, 0.25) is 11.9 Å². The molecule has 2 atom stereocenters. The van der Waals surface area contributed by atoms with Crippen LogP contribution in [0.15, 0.2) is 29.6 Å².